The van der Waals surface area contributed by atoms with Crippen LogP contribution in [0.3, 0.4) is 0 Å². The molecule has 0 atom stereocenters. The van der Waals surface area contributed by atoms with Gasteiger partial charge in [0.15, 0.2) is 11.2 Å². The summed E-state index contributed by atoms with van der Waals surface area (Å²) in [6.07, 6.45) is 3.30. The average molecular weight is 319 g/mol. The molecule has 118 valence electrons. The molecule has 0 unspecified atom stereocenters. The van der Waals surface area contributed by atoms with Crippen molar-refractivity contribution in [2.45, 2.75) is 6.92 Å². The minimum atomic E-state index is 0.0196. The van der Waals surface area contributed by atoms with Gasteiger partial charge >= 0.3 is 0 Å². The summed E-state index contributed by atoms with van der Waals surface area (Å²) in [5.41, 5.74) is 3.79. The highest BCUT2D eigenvalue weighted by atomic mass is 16.5. The molecule has 0 saturated heterocycles. The van der Waals surface area contributed by atoms with Gasteiger partial charge in [-0.25, -0.2) is 14.6 Å². The topological polar surface area (TPSA) is 89.3 Å². The number of fused-ring (bicyclic) bond motifs is 1. The van der Waals surface area contributed by atoms with E-state index in [1.54, 1.807) is 29.2 Å². The molecule has 0 spiro atoms. The van der Waals surface area contributed by atoms with E-state index in [0.717, 1.165) is 11.4 Å². The van der Waals surface area contributed by atoms with Crippen molar-refractivity contribution in [1.82, 2.24) is 19.7 Å². The molecule has 0 fully saturated rings. The Hall–Kier alpha value is -3.48. The molecule has 7 nitrogen and oxygen atoms in total. The van der Waals surface area contributed by atoms with E-state index >= 15 is 0 Å². The SMILES string of the molecule is Cc1c(-c2nc3ncccc3o/c2=N\O)cnn1-c1ccccc1. The normalized spacial score (nSPS) is 12.0. The fourth-order valence-corrected chi connectivity index (χ4v) is 2.57. The molecule has 0 saturated carbocycles. The van der Waals surface area contributed by atoms with Crippen LogP contribution in [0.4, 0.5) is 0 Å². The maximum absolute atomic E-state index is 9.30. The van der Waals surface area contributed by atoms with Gasteiger partial charge in [0.2, 0.25) is 0 Å². The van der Waals surface area contributed by atoms with E-state index in [1.807, 2.05) is 37.3 Å². The zero-order valence-electron chi connectivity index (χ0n) is 12.8. The molecule has 0 bridgehead atoms. The second-order valence-corrected chi connectivity index (χ2v) is 5.18. The molecule has 24 heavy (non-hydrogen) atoms. The molecule has 4 aromatic rings. The van der Waals surface area contributed by atoms with Crippen molar-refractivity contribution in [2.24, 2.45) is 5.16 Å². The van der Waals surface area contributed by atoms with Crippen LogP contribution >= 0.6 is 0 Å². The Morgan fingerprint density at radius 2 is 1.96 bits per heavy atom. The predicted octanol–water partition coefficient (Wildman–Crippen LogP) is 2.67. The number of para-hydroxylation sites is 1. The molecule has 3 aromatic heterocycles. The molecule has 0 aliphatic heterocycles. The maximum atomic E-state index is 9.30. The fraction of sp³-hybridized carbons (Fsp3) is 0.0588. The number of benzene rings is 1. The number of nitrogens with zero attached hydrogens (tertiary/aromatic N) is 5. The van der Waals surface area contributed by atoms with Crippen molar-refractivity contribution in [3.05, 3.63) is 66.1 Å². The molecule has 0 aliphatic rings. The maximum Gasteiger partial charge on any atom is 0.282 e. The minimum absolute atomic E-state index is 0.0196. The molecule has 1 N–H and O–H groups in total. The van der Waals surface area contributed by atoms with Crippen molar-refractivity contribution >= 4 is 11.2 Å². The van der Waals surface area contributed by atoms with Gasteiger partial charge in [0, 0.05) is 11.8 Å². The minimum Gasteiger partial charge on any atom is -0.431 e. The van der Waals surface area contributed by atoms with Gasteiger partial charge < -0.3 is 9.62 Å². The molecule has 0 radical (unpaired) electrons. The average Bonchev–Trinajstić information content (AvgIpc) is 3.02. The van der Waals surface area contributed by atoms with Crippen LogP contribution in [0.1, 0.15) is 5.69 Å². The van der Waals surface area contributed by atoms with E-state index in [1.165, 1.54) is 0 Å². The van der Waals surface area contributed by atoms with Gasteiger partial charge in [-0.3, -0.25) is 0 Å². The van der Waals surface area contributed by atoms with E-state index in [9.17, 15) is 5.21 Å². The van der Waals surface area contributed by atoms with Crippen LogP contribution in [0, 0.1) is 6.92 Å². The Bertz CT molecular complexity index is 1080. The van der Waals surface area contributed by atoms with Crippen LogP contribution in [0.5, 0.6) is 0 Å². The number of pyridine rings is 1. The predicted molar refractivity (Wildman–Crippen MR) is 86.4 cm³/mol. The number of rotatable bonds is 2. The van der Waals surface area contributed by atoms with Gasteiger partial charge in [0.1, 0.15) is 5.69 Å². The lowest BCUT2D eigenvalue weighted by atomic mass is 10.2. The molecular formula is C17H13N5O2. The first kappa shape index (κ1) is 14.1. The van der Waals surface area contributed by atoms with Gasteiger partial charge in [-0.05, 0) is 36.3 Å². The number of aromatic nitrogens is 4. The van der Waals surface area contributed by atoms with Crippen LogP contribution in [0.2, 0.25) is 0 Å². The van der Waals surface area contributed by atoms with Crippen LogP contribution in [0.25, 0.3) is 28.2 Å². The highest BCUT2D eigenvalue weighted by Gasteiger charge is 2.16. The Morgan fingerprint density at radius 3 is 2.75 bits per heavy atom. The van der Waals surface area contributed by atoms with Crippen molar-refractivity contribution < 1.29 is 9.62 Å². The number of hydrogen-bond acceptors (Lipinski definition) is 6. The summed E-state index contributed by atoms with van der Waals surface area (Å²) in [7, 11) is 0. The third-order valence-electron chi connectivity index (χ3n) is 3.73. The first-order valence-corrected chi connectivity index (χ1v) is 7.32. The Kier molecular flexibility index (Phi) is 3.31. The summed E-state index contributed by atoms with van der Waals surface area (Å²) < 4.78 is 7.38. The Balaban J connectivity index is 1.94. The van der Waals surface area contributed by atoms with Crippen LogP contribution < -0.4 is 5.55 Å². The molecule has 4 rings (SSSR count). The zero-order valence-corrected chi connectivity index (χ0v) is 12.8. The lowest BCUT2D eigenvalue weighted by Gasteiger charge is -2.05. The summed E-state index contributed by atoms with van der Waals surface area (Å²) in [6.45, 7) is 1.92. The lowest BCUT2D eigenvalue weighted by molar-refractivity contribution is 0.277. The van der Waals surface area contributed by atoms with Crippen LogP contribution in [-0.2, 0) is 0 Å². The van der Waals surface area contributed by atoms with Gasteiger partial charge in [-0.2, -0.15) is 5.10 Å². The Labute approximate surface area is 136 Å². The smallest absolute Gasteiger partial charge is 0.282 e. The highest BCUT2D eigenvalue weighted by Crippen LogP contribution is 2.22. The number of hydrogen-bond donors (Lipinski definition) is 1. The Morgan fingerprint density at radius 1 is 1.12 bits per heavy atom. The van der Waals surface area contributed by atoms with Gasteiger partial charge in [-0.15, -0.1) is 0 Å². The first-order valence-electron chi connectivity index (χ1n) is 7.32. The molecule has 3 heterocycles. The summed E-state index contributed by atoms with van der Waals surface area (Å²) in [5, 5.41) is 16.9. The highest BCUT2D eigenvalue weighted by molar-refractivity contribution is 5.71. The van der Waals surface area contributed by atoms with Crippen molar-refractivity contribution in [3.8, 4) is 16.9 Å². The van der Waals surface area contributed by atoms with Crippen LogP contribution in [-0.4, -0.2) is 25.0 Å². The van der Waals surface area contributed by atoms with E-state index in [2.05, 4.69) is 20.2 Å². The van der Waals surface area contributed by atoms with Crippen molar-refractivity contribution in [2.75, 3.05) is 0 Å². The standard InChI is InChI=1S/C17H13N5O2/c1-11-13(10-19-22(11)12-6-3-2-4-7-12)15-17(21-23)24-14-8-5-9-18-16(14)20-15/h2-10,23H,1H3/b21-17-. The molecule has 0 amide bonds. The summed E-state index contributed by atoms with van der Waals surface area (Å²) in [6, 6.07) is 13.2. The van der Waals surface area contributed by atoms with Crippen molar-refractivity contribution in [3.63, 3.8) is 0 Å². The molecular weight excluding hydrogens is 306 g/mol. The second kappa shape index (κ2) is 5.62. The van der Waals surface area contributed by atoms with Crippen molar-refractivity contribution in [1.29, 1.82) is 0 Å². The monoisotopic (exact) mass is 319 g/mol. The summed E-state index contributed by atoms with van der Waals surface area (Å²) in [4.78, 5) is 8.65. The summed E-state index contributed by atoms with van der Waals surface area (Å²) >= 11 is 0. The molecule has 1 aromatic carbocycles. The van der Waals surface area contributed by atoms with Crippen LogP contribution in [0.15, 0.2) is 64.4 Å². The summed E-state index contributed by atoms with van der Waals surface area (Å²) in [5.74, 6) is 0. The molecule has 7 heteroatoms. The van der Waals surface area contributed by atoms with Gasteiger partial charge in [0.25, 0.3) is 5.55 Å². The molecule has 0 aliphatic carbocycles. The van der Waals surface area contributed by atoms with E-state index in [0.29, 0.717) is 22.5 Å². The van der Waals surface area contributed by atoms with E-state index in [-0.39, 0.29) is 5.55 Å². The fourth-order valence-electron chi connectivity index (χ4n) is 2.57. The third kappa shape index (κ3) is 2.23. The van der Waals surface area contributed by atoms with E-state index < -0.39 is 0 Å². The van der Waals surface area contributed by atoms with Gasteiger partial charge in [0.05, 0.1) is 17.6 Å². The van der Waals surface area contributed by atoms with Gasteiger partial charge in [-0.1, -0.05) is 18.2 Å². The lowest BCUT2D eigenvalue weighted by Crippen LogP contribution is -2.09. The second-order valence-electron chi connectivity index (χ2n) is 5.18. The van der Waals surface area contributed by atoms with E-state index in [4.69, 9.17) is 4.42 Å². The quantitative estimate of drug-likeness (QED) is 0.453. The largest absolute Gasteiger partial charge is 0.431 e. The first-order chi connectivity index (χ1) is 11.8. The zero-order chi connectivity index (χ0) is 16.5. The third-order valence-corrected chi connectivity index (χ3v) is 3.73.